The van der Waals surface area contributed by atoms with Crippen molar-refractivity contribution in [3.05, 3.63) is 76.2 Å². The monoisotopic (exact) mass is 413 g/mol. The Morgan fingerprint density at radius 1 is 1.03 bits per heavy atom. The first-order valence-electron chi connectivity index (χ1n) is 10.6. The lowest BCUT2D eigenvalue weighted by Gasteiger charge is -2.29. The van der Waals surface area contributed by atoms with E-state index in [0.29, 0.717) is 0 Å². The van der Waals surface area contributed by atoms with Gasteiger partial charge in [-0.2, -0.15) is 0 Å². The second-order valence-electron chi connectivity index (χ2n) is 8.11. The van der Waals surface area contributed by atoms with E-state index in [1.165, 1.54) is 32.0 Å². The summed E-state index contributed by atoms with van der Waals surface area (Å²) in [5.41, 5.74) is 3.25. The SMILES string of the molecule is CCN1CCc2c(sc3c2C(=O)N[C@@H](c2c4ccccc4cc4ccccc24)N3)C1. The van der Waals surface area contributed by atoms with Gasteiger partial charge in [0.2, 0.25) is 0 Å². The number of nitrogens with one attached hydrogen (secondary N) is 2. The van der Waals surface area contributed by atoms with Gasteiger partial charge in [0.25, 0.3) is 5.91 Å². The van der Waals surface area contributed by atoms with E-state index in [9.17, 15) is 4.79 Å². The van der Waals surface area contributed by atoms with Crippen molar-refractivity contribution in [1.29, 1.82) is 0 Å². The van der Waals surface area contributed by atoms with Crippen LogP contribution in [0.3, 0.4) is 0 Å². The van der Waals surface area contributed by atoms with E-state index >= 15 is 0 Å². The van der Waals surface area contributed by atoms with Gasteiger partial charge in [0, 0.05) is 23.5 Å². The Morgan fingerprint density at radius 2 is 1.73 bits per heavy atom. The molecule has 3 aromatic carbocycles. The van der Waals surface area contributed by atoms with Crippen LogP contribution >= 0.6 is 11.3 Å². The molecule has 2 N–H and O–H groups in total. The molecule has 1 atom stereocenters. The lowest BCUT2D eigenvalue weighted by Crippen LogP contribution is -2.39. The van der Waals surface area contributed by atoms with E-state index in [1.807, 2.05) is 0 Å². The second kappa shape index (κ2) is 6.83. The van der Waals surface area contributed by atoms with Crippen LogP contribution in [0.5, 0.6) is 0 Å². The predicted molar refractivity (Wildman–Crippen MR) is 124 cm³/mol. The molecule has 6 rings (SSSR count). The van der Waals surface area contributed by atoms with Crippen molar-refractivity contribution in [2.45, 2.75) is 26.1 Å². The first-order chi connectivity index (χ1) is 14.7. The highest BCUT2D eigenvalue weighted by Crippen LogP contribution is 2.42. The van der Waals surface area contributed by atoms with E-state index in [-0.39, 0.29) is 12.1 Å². The van der Waals surface area contributed by atoms with Crippen molar-refractivity contribution in [3.8, 4) is 0 Å². The number of fused-ring (bicyclic) bond motifs is 5. The summed E-state index contributed by atoms with van der Waals surface area (Å²) in [6.45, 7) is 5.22. The van der Waals surface area contributed by atoms with Crippen LogP contribution in [0.15, 0.2) is 54.6 Å². The quantitative estimate of drug-likeness (QED) is 0.439. The Labute approximate surface area is 179 Å². The fraction of sp³-hybridized carbons (Fsp3) is 0.240. The van der Waals surface area contributed by atoms with Crippen LogP contribution in [0, 0.1) is 0 Å². The Bertz CT molecular complexity index is 1250. The largest absolute Gasteiger partial charge is 0.353 e. The number of carbonyl (C=O) groups excluding carboxylic acids is 1. The van der Waals surface area contributed by atoms with Gasteiger partial charge in [0.15, 0.2) is 0 Å². The van der Waals surface area contributed by atoms with Gasteiger partial charge in [-0.3, -0.25) is 9.69 Å². The van der Waals surface area contributed by atoms with Gasteiger partial charge in [0.05, 0.1) is 5.56 Å². The molecule has 0 aliphatic carbocycles. The highest BCUT2D eigenvalue weighted by Gasteiger charge is 2.34. The van der Waals surface area contributed by atoms with Crippen molar-refractivity contribution < 1.29 is 4.79 Å². The maximum absolute atomic E-state index is 13.3. The first kappa shape index (κ1) is 17.9. The minimum absolute atomic E-state index is 0.0493. The van der Waals surface area contributed by atoms with E-state index in [4.69, 9.17) is 0 Å². The maximum Gasteiger partial charge on any atom is 0.256 e. The number of benzene rings is 3. The molecule has 150 valence electrons. The Balaban J connectivity index is 1.50. The van der Waals surface area contributed by atoms with Gasteiger partial charge in [-0.25, -0.2) is 0 Å². The smallest absolute Gasteiger partial charge is 0.256 e. The zero-order valence-corrected chi connectivity index (χ0v) is 17.7. The van der Waals surface area contributed by atoms with E-state index < -0.39 is 0 Å². The normalized spacial score (nSPS) is 18.7. The molecule has 3 heterocycles. The van der Waals surface area contributed by atoms with Crippen molar-refractivity contribution in [1.82, 2.24) is 10.2 Å². The van der Waals surface area contributed by atoms with E-state index in [0.717, 1.165) is 42.2 Å². The molecule has 0 saturated carbocycles. The number of nitrogens with zero attached hydrogens (tertiary/aromatic N) is 1. The Hall–Kier alpha value is -2.89. The minimum Gasteiger partial charge on any atom is -0.353 e. The summed E-state index contributed by atoms with van der Waals surface area (Å²) in [7, 11) is 0. The summed E-state index contributed by atoms with van der Waals surface area (Å²) >= 11 is 1.76. The Morgan fingerprint density at radius 3 is 2.43 bits per heavy atom. The van der Waals surface area contributed by atoms with Gasteiger partial charge in [-0.1, -0.05) is 55.5 Å². The molecule has 5 heteroatoms. The molecule has 0 saturated heterocycles. The molecule has 4 nitrogen and oxygen atoms in total. The average molecular weight is 414 g/mol. The lowest BCUT2D eigenvalue weighted by molar-refractivity contribution is 0.0935. The van der Waals surface area contributed by atoms with Crippen LogP contribution in [0.25, 0.3) is 21.5 Å². The fourth-order valence-electron chi connectivity index (χ4n) is 4.94. The van der Waals surface area contributed by atoms with Gasteiger partial charge >= 0.3 is 0 Å². The highest BCUT2D eigenvalue weighted by molar-refractivity contribution is 7.16. The molecule has 4 aromatic rings. The summed E-state index contributed by atoms with van der Waals surface area (Å²) in [5.74, 6) is 0.0493. The fourth-order valence-corrected chi connectivity index (χ4v) is 6.26. The molecule has 0 bridgehead atoms. The average Bonchev–Trinajstić information content (AvgIpc) is 3.15. The van der Waals surface area contributed by atoms with Gasteiger partial charge < -0.3 is 10.6 Å². The van der Waals surface area contributed by atoms with Crippen LogP contribution in [0.2, 0.25) is 0 Å². The van der Waals surface area contributed by atoms with Crippen LogP contribution < -0.4 is 10.6 Å². The molecule has 0 radical (unpaired) electrons. The number of likely N-dealkylation sites (N-methyl/N-ethyl adjacent to an activating group) is 1. The van der Waals surface area contributed by atoms with E-state index in [2.05, 4.69) is 77.1 Å². The summed E-state index contributed by atoms with van der Waals surface area (Å²) in [6, 6.07) is 19.1. The summed E-state index contributed by atoms with van der Waals surface area (Å²) in [4.78, 5) is 17.0. The number of thiophene rings is 1. The van der Waals surface area contributed by atoms with Gasteiger partial charge in [-0.05, 0) is 46.1 Å². The lowest BCUT2D eigenvalue weighted by atomic mass is 9.93. The molecule has 1 amide bonds. The highest BCUT2D eigenvalue weighted by atomic mass is 32.1. The number of hydrogen-bond acceptors (Lipinski definition) is 4. The number of anilines is 1. The zero-order valence-electron chi connectivity index (χ0n) is 16.9. The molecule has 0 fully saturated rings. The molecule has 1 aromatic heterocycles. The van der Waals surface area contributed by atoms with Crippen molar-refractivity contribution in [2.24, 2.45) is 0 Å². The number of hydrogen-bond donors (Lipinski definition) is 2. The molecular formula is C25H23N3OS. The Kier molecular flexibility index (Phi) is 4.08. The minimum atomic E-state index is -0.247. The molecule has 30 heavy (non-hydrogen) atoms. The molecule has 2 aliphatic rings. The summed E-state index contributed by atoms with van der Waals surface area (Å²) in [5, 5.41) is 12.7. The molecule has 0 unspecified atom stereocenters. The first-order valence-corrected chi connectivity index (χ1v) is 11.4. The molecular weight excluding hydrogens is 390 g/mol. The third kappa shape index (κ3) is 2.66. The maximum atomic E-state index is 13.3. The van der Waals surface area contributed by atoms with Crippen LogP contribution in [0.1, 0.15) is 39.5 Å². The van der Waals surface area contributed by atoms with Crippen molar-refractivity contribution in [2.75, 3.05) is 18.4 Å². The molecule has 0 spiro atoms. The predicted octanol–water partition coefficient (Wildman–Crippen LogP) is 5.29. The van der Waals surface area contributed by atoms with Crippen LogP contribution in [-0.4, -0.2) is 23.9 Å². The van der Waals surface area contributed by atoms with Crippen LogP contribution in [-0.2, 0) is 13.0 Å². The van der Waals surface area contributed by atoms with E-state index in [1.54, 1.807) is 11.3 Å². The standard InChI is InChI=1S/C25H23N3OS/c1-2-28-12-11-19-20(14-28)30-25-22(19)24(29)26-23(27-25)21-17-9-5-3-7-15(17)13-16-8-4-6-10-18(16)21/h3-10,13,23,27H,2,11-12,14H2,1H3,(H,26,29)/t23-/m1/s1. The number of amides is 1. The molecule has 2 aliphatic heterocycles. The van der Waals surface area contributed by atoms with Gasteiger partial charge in [0.1, 0.15) is 11.2 Å². The van der Waals surface area contributed by atoms with Crippen molar-refractivity contribution >= 4 is 43.8 Å². The number of carbonyl (C=O) groups is 1. The zero-order chi connectivity index (χ0) is 20.2. The number of rotatable bonds is 2. The third-order valence-corrected chi connectivity index (χ3v) is 7.61. The van der Waals surface area contributed by atoms with Crippen molar-refractivity contribution in [3.63, 3.8) is 0 Å². The van der Waals surface area contributed by atoms with Gasteiger partial charge in [-0.15, -0.1) is 11.3 Å². The third-order valence-electron chi connectivity index (χ3n) is 6.46. The topological polar surface area (TPSA) is 44.4 Å². The summed E-state index contributed by atoms with van der Waals surface area (Å²) < 4.78 is 0. The summed E-state index contributed by atoms with van der Waals surface area (Å²) in [6.07, 6.45) is 0.703. The van der Waals surface area contributed by atoms with Crippen LogP contribution in [0.4, 0.5) is 5.00 Å². The second-order valence-corrected chi connectivity index (χ2v) is 9.22.